The predicted octanol–water partition coefficient (Wildman–Crippen LogP) is 1.56. The Kier molecular flexibility index (Phi) is 4.51. The summed E-state index contributed by atoms with van der Waals surface area (Å²) in [6, 6.07) is 0. The minimum atomic E-state index is -0.694. The highest BCUT2D eigenvalue weighted by Crippen LogP contribution is 2.40. The Labute approximate surface area is 116 Å². The monoisotopic (exact) mass is 268 g/mol. The molecule has 0 bridgehead atoms. The first-order valence-electron chi connectivity index (χ1n) is 7.74. The molecular formula is C15H28N2O2. The highest BCUT2D eigenvalue weighted by atomic mass is 16.3. The van der Waals surface area contributed by atoms with Gasteiger partial charge in [0, 0.05) is 13.1 Å². The van der Waals surface area contributed by atoms with Crippen molar-refractivity contribution in [1.29, 1.82) is 0 Å². The Morgan fingerprint density at radius 3 is 2.37 bits per heavy atom. The average molecular weight is 268 g/mol. The summed E-state index contributed by atoms with van der Waals surface area (Å²) < 4.78 is 0. The Morgan fingerprint density at radius 1 is 1.32 bits per heavy atom. The van der Waals surface area contributed by atoms with Crippen LogP contribution in [0.1, 0.15) is 58.3 Å². The molecule has 0 radical (unpaired) electrons. The number of carbonyl (C=O) groups is 1. The first-order chi connectivity index (χ1) is 9.03. The molecular weight excluding hydrogens is 240 g/mol. The standard InChI is InChI=1S/C15H28N2O2/c1-2-12-4-8-15(19,9-5-12)11-17-13(18)14(10-16)6-3-7-14/h12,19H,2-11,16H2,1H3,(H,17,18). The van der Waals surface area contributed by atoms with Gasteiger partial charge in [0.2, 0.25) is 5.91 Å². The summed E-state index contributed by atoms with van der Waals surface area (Å²) in [7, 11) is 0. The van der Waals surface area contributed by atoms with E-state index in [4.69, 9.17) is 5.73 Å². The van der Waals surface area contributed by atoms with Crippen molar-refractivity contribution >= 4 is 5.91 Å². The van der Waals surface area contributed by atoms with Crippen molar-refractivity contribution < 1.29 is 9.90 Å². The van der Waals surface area contributed by atoms with Crippen molar-refractivity contribution in [2.75, 3.05) is 13.1 Å². The van der Waals surface area contributed by atoms with Crippen molar-refractivity contribution in [2.45, 2.75) is 63.9 Å². The van der Waals surface area contributed by atoms with Gasteiger partial charge in [-0.15, -0.1) is 0 Å². The second-order valence-corrected chi connectivity index (χ2v) is 6.60. The molecule has 2 fully saturated rings. The molecule has 0 aromatic carbocycles. The van der Waals surface area contributed by atoms with Gasteiger partial charge in [0.1, 0.15) is 0 Å². The molecule has 0 saturated heterocycles. The largest absolute Gasteiger partial charge is 0.388 e. The molecule has 0 atom stereocenters. The second-order valence-electron chi connectivity index (χ2n) is 6.60. The van der Waals surface area contributed by atoms with Crippen LogP contribution < -0.4 is 11.1 Å². The summed E-state index contributed by atoms with van der Waals surface area (Å²) in [6.07, 6.45) is 7.84. The van der Waals surface area contributed by atoms with Crippen LogP contribution in [0.2, 0.25) is 0 Å². The van der Waals surface area contributed by atoms with Gasteiger partial charge in [-0.1, -0.05) is 19.8 Å². The van der Waals surface area contributed by atoms with Gasteiger partial charge in [-0.05, 0) is 44.4 Å². The molecule has 2 aliphatic rings. The maximum atomic E-state index is 12.2. The van der Waals surface area contributed by atoms with Crippen LogP contribution in [0.3, 0.4) is 0 Å². The minimum absolute atomic E-state index is 0.0484. The summed E-state index contributed by atoms with van der Waals surface area (Å²) in [5.41, 5.74) is 4.69. The lowest BCUT2D eigenvalue weighted by Crippen LogP contribution is -2.54. The van der Waals surface area contributed by atoms with E-state index in [1.807, 2.05) is 0 Å². The van der Waals surface area contributed by atoms with Gasteiger partial charge in [-0.25, -0.2) is 0 Å². The zero-order chi connectivity index (χ0) is 13.9. The van der Waals surface area contributed by atoms with Crippen LogP contribution in [0.15, 0.2) is 0 Å². The number of nitrogens with one attached hydrogen (secondary N) is 1. The Balaban J connectivity index is 1.80. The summed E-state index contributed by atoms with van der Waals surface area (Å²) in [4.78, 5) is 12.2. The first-order valence-corrected chi connectivity index (χ1v) is 7.74. The number of aliphatic hydroxyl groups is 1. The lowest BCUT2D eigenvalue weighted by molar-refractivity contribution is -0.137. The topological polar surface area (TPSA) is 75.3 Å². The molecule has 0 unspecified atom stereocenters. The van der Waals surface area contributed by atoms with Crippen molar-refractivity contribution in [1.82, 2.24) is 5.32 Å². The van der Waals surface area contributed by atoms with Crippen molar-refractivity contribution in [2.24, 2.45) is 17.1 Å². The van der Waals surface area contributed by atoms with E-state index in [2.05, 4.69) is 12.2 Å². The second kappa shape index (κ2) is 5.80. The number of nitrogens with two attached hydrogens (primary N) is 1. The number of hydrogen-bond donors (Lipinski definition) is 3. The van der Waals surface area contributed by atoms with E-state index in [1.54, 1.807) is 0 Å². The lowest BCUT2D eigenvalue weighted by atomic mass is 9.68. The first kappa shape index (κ1) is 14.8. The van der Waals surface area contributed by atoms with Crippen LogP contribution in [-0.2, 0) is 4.79 Å². The van der Waals surface area contributed by atoms with Gasteiger partial charge in [0.25, 0.3) is 0 Å². The number of carbonyl (C=O) groups excluding carboxylic acids is 1. The molecule has 19 heavy (non-hydrogen) atoms. The van der Waals surface area contributed by atoms with Crippen LogP contribution in [0, 0.1) is 11.3 Å². The summed E-state index contributed by atoms with van der Waals surface area (Å²) in [6.45, 7) is 3.03. The van der Waals surface area contributed by atoms with Gasteiger partial charge in [-0.3, -0.25) is 4.79 Å². The SMILES string of the molecule is CCC1CCC(O)(CNC(=O)C2(CN)CCC2)CC1. The van der Waals surface area contributed by atoms with E-state index in [0.29, 0.717) is 13.1 Å². The van der Waals surface area contributed by atoms with Crippen molar-refractivity contribution in [3.8, 4) is 0 Å². The number of hydrogen-bond acceptors (Lipinski definition) is 3. The van der Waals surface area contributed by atoms with Gasteiger partial charge in [0.05, 0.1) is 11.0 Å². The molecule has 110 valence electrons. The van der Waals surface area contributed by atoms with Crippen LogP contribution in [0.25, 0.3) is 0 Å². The molecule has 4 nitrogen and oxygen atoms in total. The fourth-order valence-corrected chi connectivity index (χ4v) is 3.36. The summed E-state index contributed by atoms with van der Waals surface area (Å²) in [5, 5.41) is 13.5. The lowest BCUT2D eigenvalue weighted by Gasteiger charge is -2.41. The molecule has 0 spiro atoms. The zero-order valence-corrected chi connectivity index (χ0v) is 12.1. The van der Waals surface area contributed by atoms with Gasteiger partial charge in [0.15, 0.2) is 0 Å². The molecule has 4 N–H and O–H groups in total. The molecule has 0 aliphatic heterocycles. The fraction of sp³-hybridized carbons (Fsp3) is 0.933. The molecule has 2 saturated carbocycles. The van der Waals surface area contributed by atoms with Crippen LogP contribution in [0.4, 0.5) is 0 Å². The normalized spacial score (nSPS) is 33.5. The minimum Gasteiger partial charge on any atom is -0.388 e. The van der Waals surface area contributed by atoms with Crippen molar-refractivity contribution in [3.63, 3.8) is 0 Å². The molecule has 2 rings (SSSR count). The maximum absolute atomic E-state index is 12.2. The van der Waals surface area contributed by atoms with E-state index < -0.39 is 5.60 Å². The molecule has 0 heterocycles. The maximum Gasteiger partial charge on any atom is 0.227 e. The van der Waals surface area contributed by atoms with E-state index in [1.165, 1.54) is 6.42 Å². The molecule has 4 heteroatoms. The average Bonchev–Trinajstić information content (AvgIpc) is 2.37. The summed E-state index contributed by atoms with van der Waals surface area (Å²) >= 11 is 0. The number of rotatable bonds is 5. The third-order valence-electron chi connectivity index (χ3n) is 5.37. The van der Waals surface area contributed by atoms with Gasteiger partial charge < -0.3 is 16.2 Å². The fourth-order valence-electron chi connectivity index (χ4n) is 3.36. The number of amides is 1. The Morgan fingerprint density at radius 2 is 1.95 bits per heavy atom. The third-order valence-corrected chi connectivity index (χ3v) is 5.37. The van der Waals surface area contributed by atoms with Gasteiger partial charge >= 0.3 is 0 Å². The van der Waals surface area contributed by atoms with Gasteiger partial charge in [-0.2, -0.15) is 0 Å². The summed E-state index contributed by atoms with van der Waals surface area (Å²) in [5.74, 6) is 0.797. The van der Waals surface area contributed by atoms with E-state index >= 15 is 0 Å². The van der Waals surface area contributed by atoms with Crippen LogP contribution in [0.5, 0.6) is 0 Å². The zero-order valence-electron chi connectivity index (χ0n) is 12.1. The Bertz CT molecular complexity index is 313. The Hall–Kier alpha value is -0.610. The van der Waals surface area contributed by atoms with Crippen molar-refractivity contribution in [3.05, 3.63) is 0 Å². The highest BCUT2D eigenvalue weighted by Gasteiger charge is 2.43. The molecule has 2 aliphatic carbocycles. The van der Waals surface area contributed by atoms with E-state index in [0.717, 1.165) is 50.9 Å². The van der Waals surface area contributed by atoms with E-state index in [9.17, 15) is 9.90 Å². The molecule has 0 aromatic rings. The predicted molar refractivity (Wildman–Crippen MR) is 75.5 cm³/mol. The molecule has 1 amide bonds. The molecule has 0 aromatic heterocycles. The smallest absolute Gasteiger partial charge is 0.227 e. The third kappa shape index (κ3) is 3.11. The van der Waals surface area contributed by atoms with Crippen LogP contribution in [-0.4, -0.2) is 29.7 Å². The van der Waals surface area contributed by atoms with E-state index in [-0.39, 0.29) is 11.3 Å². The quantitative estimate of drug-likeness (QED) is 0.708. The highest BCUT2D eigenvalue weighted by molar-refractivity contribution is 5.83. The van der Waals surface area contributed by atoms with Crippen LogP contribution >= 0.6 is 0 Å².